The molecule has 0 bridgehead atoms. The molecule has 3 nitrogen and oxygen atoms in total. The maximum atomic E-state index is 11.9. The molecule has 0 aromatic carbocycles. The number of rotatable bonds is 8. The fourth-order valence-corrected chi connectivity index (χ4v) is 2.97. The Bertz CT molecular complexity index is 280. The highest BCUT2D eigenvalue weighted by Crippen LogP contribution is 2.43. The molecule has 1 aliphatic heterocycles. The number of likely N-dealkylation sites (tertiary alicyclic amines) is 1. The molecule has 0 unspecified atom stereocenters. The van der Waals surface area contributed by atoms with Gasteiger partial charge in [0.1, 0.15) is 0 Å². The summed E-state index contributed by atoms with van der Waals surface area (Å²) in [6.07, 6.45) is 10.8. The van der Waals surface area contributed by atoms with Gasteiger partial charge in [-0.1, -0.05) is 39.0 Å². The molecular formula is C15H28N2O. The van der Waals surface area contributed by atoms with Gasteiger partial charge in [-0.15, -0.1) is 0 Å². The Morgan fingerprint density at radius 2 is 1.78 bits per heavy atom. The van der Waals surface area contributed by atoms with Crippen molar-refractivity contribution in [2.75, 3.05) is 13.1 Å². The number of unbranched alkanes of at least 4 members (excludes halogenated alkanes) is 5. The first-order chi connectivity index (χ1) is 8.65. The number of amides is 1. The van der Waals surface area contributed by atoms with E-state index in [2.05, 4.69) is 6.92 Å². The SMILES string of the molecule is CCCCCCCCC(=O)N1CC(N)(C2CC2)C1. The summed E-state index contributed by atoms with van der Waals surface area (Å²) in [7, 11) is 0. The number of hydrogen-bond acceptors (Lipinski definition) is 2. The molecule has 2 N–H and O–H groups in total. The number of carbonyl (C=O) groups is 1. The van der Waals surface area contributed by atoms with E-state index in [4.69, 9.17) is 5.73 Å². The lowest BCUT2D eigenvalue weighted by molar-refractivity contribution is -0.139. The lowest BCUT2D eigenvalue weighted by atomic mass is 9.85. The maximum absolute atomic E-state index is 11.9. The van der Waals surface area contributed by atoms with Gasteiger partial charge in [0, 0.05) is 19.5 Å². The van der Waals surface area contributed by atoms with Crippen molar-refractivity contribution < 1.29 is 4.79 Å². The Morgan fingerprint density at radius 3 is 2.39 bits per heavy atom. The minimum absolute atomic E-state index is 0.0171. The molecule has 1 saturated heterocycles. The molecule has 0 atom stereocenters. The molecule has 2 fully saturated rings. The molecule has 1 amide bonds. The lowest BCUT2D eigenvalue weighted by Crippen LogP contribution is -2.69. The first kappa shape index (κ1) is 13.9. The Morgan fingerprint density at radius 1 is 1.17 bits per heavy atom. The molecule has 1 heterocycles. The minimum atomic E-state index is -0.0171. The van der Waals surface area contributed by atoms with Crippen LogP contribution in [-0.2, 0) is 4.79 Å². The Balaban J connectivity index is 1.51. The first-order valence-electron chi connectivity index (χ1n) is 7.72. The van der Waals surface area contributed by atoms with E-state index in [0.717, 1.165) is 25.9 Å². The minimum Gasteiger partial charge on any atom is -0.339 e. The number of nitrogens with two attached hydrogens (primary N) is 1. The molecule has 0 aromatic rings. The summed E-state index contributed by atoms with van der Waals surface area (Å²) in [5.74, 6) is 1.03. The van der Waals surface area contributed by atoms with Crippen LogP contribution >= 0.6 is 0 Å². The van der Waals surface area contributed by atoms with Gasteiger partial charge in [-0.25, -0.2) is 0 Å². The quantitative estimate of drug-likeness (QED) is 0.675. The van der Waals surface area contributed by atoms with Gasteiger partial charge in [0.05, 0.1) is 5.54 Å². The summed E-state index contributed by atoms with van der Waals surface area (Å²) in [6, 6.07) is 0. The van der Waals surface area contributed by atoms with E-state index in [1.165, 1.54) is 44.9 Å². The predicted molar refractivity (Wildman–Crippen MR) is 74.2 cm³/mol. The summed E-state index contributed by atoms with van der Waals surface area (Å²) in [5.41, 5.74) is 6.24. The van der Waals surface area contributed by atoms with Crippen LogP contribution in [0.1, 0.15) is 64.7 Å². The van der Waals surface area contributed by atoms with Gasteiger partial charge in [-0.05, 0) is 25.2 Å². The molecule has 0 radical (unpaired) electrons. The molecule has 18 heavy (non-hydrogen) atoms. The zero-order valence-electron chi connectivity index (χ0n) is 11.8. The molecule has 3 heteroatoms. The Kier molecular flexibility index (Phi) is 4.66. The molecule has 1 aliphatic carbocycles. The number of carbonyl (C=O) groups excluding carboxylic acids is 1. The number of nitrogens with zero attached hydrogens (tertiary/aromatic N) is 1. The fourth-order valence-electron chi connectivity index (χ4n) is 2.97. The second kappa shape index (κ2) is 6.05. The topological polar surface area (TPSA) is 46.3 Å². The Labute approximate surface area is 111 Å². The van der Waals surface area contributed by atoms with Crippen molar-refractivity contribution >= 4 is 5.91 Å². The van der Waals surface area contributed by atoms with Crippen LogP contribution < -0.4 is 5.73 Å². The van der Waals surface area contributed by atoms with Crippen LogP contribution in [0.3, 0.4) is 0 Å². The third-order valence-electron chi connectivity index (χ3n) is 4.46. The van der Waals surface area contributed by atoms with E-state index in [1.807, 2.05) is 4.90 Å². The van der Waals surface area contributed by atoms with Gasteiger partial charge in [-0.2, -0.15) is 0 Å². The van der Waals surface area contributed by atoms with Crippen LogP contribution in [0.4, 0.5) is 0 Å². The van der Waals surface area contributed by atoms with Crippen molar-refractivity contribution in [2.24, 2.45) is 11.7 Å². The van der Waals surface area contributed by atoms with Crippen LogP contribution in [0.25, 0.3) is 0 Å². The highest BCUT2D eigenvalue weighted by atomic mass is 16.2. The monoisotopic (exact) mass is 252 g/mol. The van der Waals surface area contributed by atoms with E-state index < -0.39 is 0 Å². The third-order valence-corrected chi connectivity index (χ3v) is 4.46. The summed E-state index contributed by atoms with van der Waals surface area (Å²) >= 11 is 0. The Hall–Kier alpha value is -0.570. The van der Waals surface area contributed by atoms with Gasteiger partial charge in [0.15, 0.2) is 0 Å². The van der Waals surface area contributed by atoms with E-state index in [1.54, 1.807) is 0 Å². The van der Waals surface area contributed by atoms with Gasteiger partial charge in [0.25, 0.3) is 0 Å². The van der Waals surface area contributed by atoms with Crippen LogP contribution in [0.15, 0.2) is 0 Å². The molecule has 0 spiro atoms. The maximum Gasteiger partial charge on any atom is 0.222 e. The van der Waals surface area contributed by atoms with Crippen LogP contribution in [0.5, 0.6) is 0 Å². The molecular weight excluding hydrogens is 224 g/mol. The third kappa shape index (κ3) is 3.47. The summed E-state index contributed by atoms with van der Waals surface area (Å²) < 4.78 is 0. The molecule has 2 aliphatic rings. The van der Waals surface area contributed by atoms with Crippen molar-refractivity contribution in [2.45, 2.75) is 70.3 Å². The lowest BCUT2D eigenvalue weighted by Gasteiger charge is -2.48. The summed E-state index contributed by atoms with van der Waals surface area (Å²) in [5, 5.41) is 0. The van der Waals surface area contributed by atoms with Crippen LogP contribution in [-0.4, -0.2) is 29.4 Å². The van der Waals surface area contributed by atoms with Crippen LogP contribution in [0, 0.1) is 5.92 Å². The largest absolute Gasteiger partial charge is 0.339 e. The van der Waals surface area contributed by atoms with Crippen LogP contribution in [0.2, 0.25) is 0 Å². The van der Waals surface area contributed by atoms with E-state index in [9.17, 15) is 4.79 Å². The van der Waals surface area contributed by atoms with Gasteiger partial charge >= 0.3 is 0 Å². The van der Waals surface area contributed by atoms with Crippen molar-refractivity contribution in [3.05, 3.63) is 0 Å². The zero-order chi connectivity index (χ0) is 13.0. The summed E-state index contributed by atoms with van der Waals surface area (Å²) in [6.45, 7) is 3.85. The van der Waals surface area contributed by atoms with Crippen molar-refractivity contribution in [3.8, 4) is 0 Å². The summed E-state index contributed by atoms with van der Waals surface area (Å²) in [4.78, 5) is 13.9. The van der Waals surface area contributed by atoms with E-state index >= 15 is 0 Å². The number of hydrogen-bond donors (Lipinski definition) is 1. The van der Waals surface area contributed by atoms with Gasteiger partial charge in [-0.3, -0.25) is 4.79 Å². The molecule has 1 saturated carbocycles. The van der Waals surface area contributed by atoms with Crippen molar-refractivity contribution in [3.63, 3.8) is 0 Å². The molecule has 104 valence electrons. The van der Waals surface area contributed by atoms with Crippen molar-refractivity contribution in [1.82, 2.24) is 4.90 Å². The van der Waals surface area contributed by atoms with Gasteiger partial charge in [0.2, 0.25) is 5.91 Å². The normalized spacial score (nSPS) is 21.8. The van der Waals surface area contributed by atoms with E-state index in [0.29, 0.717) is 11.8 Å². The highest BCUT2D eigenvalue weighted by Gasteiger charge is 2.51. The molecule has 2 rings (SSSR count). The van der Waals surface area contributed by atoms with Crippen molar-refractivity contribution in [1.29, 1.82) is 0 Å². The predicted octanol–water partition coefficient (Wildman–Crippen LogP) is 2.69. The second-order valence-electron chi connectivity index (χ2n) is 6.28. The second-order valence-corrected chi connectivity index (χ2v) is 6.28. The van der Waals surface area contributed by atoms with E-state index in [-0.39, 0.29) is 5.54 Å². The average Bonchev–Trinajstić information content (AvgIpc) is 3.13. The standard InChI is InChI=1S/C15H28N2O/c1-2-3-4-5-6-7-8-14(18)17-11-15(16,12-17)13-9-10-13/h13H,2-12,16H2,1H3. The molecule has 0 aromatic heterocycles. The smallest absolute Gasteiger partial charge is 0.222 e. The average molecular weight is 252 g/mol. The first-order valence-corrected chi connectivity index (χ1v) is 7.72. The zero-order valence-corrected chi connectivity index (χ0v) is 11.8. The fraction of sp³-hybridized carbons (Fsp3) is 0.933. The highest BCUT2D eigenvalue weighted by molar-refractivity contribution is 5.77. The van der Waals surface area contributed by atoms with Gasteiger partial charge < -0.3 is 10.6 Å².